The average molecular weight is 531 g/mol. The minimum absolute atomic E-state index is 0.826. The lowest BCUT2D eigenvalue weighted by Crippen LogP contribution is -2.01. The fourth-order valence-electron chi connectivity index (χ4n) is 5.24. The van der Waals surface area contributed by atoms with Gasteiger partial charge in [0.2, 0.25) is 0 Å². The van der Waals surface area contributed by atoms with Gasteiger partial charge in [-0.1, -0.05) is 156 Å². The van der Waals surface area contributed by atoms with Crippen LogP contribution in [0.15, 0.2) is 18.2 Å². The fraction of sp³-hybridized carbons (Fsp3) is 0.833. The van der Waals surface area contributed by atoms with Crippen LogP contribution in [-0.2, 0) is 6.42 Å². The minimum Gasteiger partial charge on any atom is -0.493 e. The number of hydrogen-bond acceptors (Lipinski definition) is 2. The normalized spacial score (nSPS) is 11.2. The Kier molecular flexibility index (Phi) is 25.1. The molecule has 0 aliphatic carbocycles. The summed E-state index contributed by atoms with van der Waals surface area (Å²) in [5, 5.41) is 0. The molecule has 38 heavy (non-hydrogen) atoms. The molecule has 1 aromatic rings. The van der Waals surface area contributed by atoms with Crippen LogP contribution < -0.4 is 9.47 Å². The molecular formula is C36H66O2. The average Bonchev–Trinajstić information content (AvgIpc) is 2.93. The molecule has 0 heterocycles. The molecule has 222 valence electrons. The highest BCUT2D eigenvalue weighted by molar-refractivity contribution is 5.38. The molecule has 0 spiro atoms. The molecule has 0 bridgehead atoms. The first-order valence-corrected chi connectivity index (χ1v) is 17.2. The van der Waals surface area contributed by atoms with Crippen LogP contribution in [-0.4, -0.2) is 13.2 Å². The molecule has 0 atom stereocenters. The van der Waals surface area contributed by atoms with E-state index in [0.717, 1.165) is 44.0 Å². The van der Waals surface area contributed by atoms with Gasteiger partial charge in [0.15, 0.2) is 0 Å². The number of rotatable bonds is 29. The van der Waals surface area contributed by atoms with Crippen molar-refractivity contribution in [2.45, 2.75) is 181 Å². The van der Waals surface area contributed by atoms with Crippen molar-refractivity contribution in [3.8, 4) is 11.5 Å². The molecule has 0 saturated heterocycles. The van der Waals surface area contributed by atoms with Gasteiger partial charge in [-0.25, -0.2) is 0 Å². The van der Waals surface area contributed by atoms with E-state index in [-0.39, 0.29) is 0 Å². The van der Waals surface area contributed by atoms with Crippen LogP contribution in [0.1, 0.15) is 180 Å². The molecule has 0 amide bonds. The lowest BCUT2D eigenvalue weighted by atomic mass is 10.1. The second kappa shape index (κ2) is 27.4. The summed E-state index contributed by atoms with van der Waals surface area (Å²) in [6.07, 6.45) is 33.7. The molecule has 2 heteroatoms. The summed E-state index contributed by atoms with van der Waals surface area (Å²) >= 11 is 0. The second-order valence-corrected chi connectivity index (χ2v) is 11.7. The van der Waals surface area contributed by atoms with Gasteiger partial charge in [0, 0.05) is 6.07 Å². The summed E-state index contributed by atoms with van der Waals surface area (Å²) in [4.78, 5) is 0. The van der Waals surface area contributed by atoms with Gasteiger partial charge in [0.25, 0.3) is 0 Å². The first-order valence-electron chi connectivity index (χ1n) is 17.2. The van der Waals surface area contributed by atoms with Crippen molar-refractivity contribution >= 4 is 0 Å². The second-order valence-electron chi connectivity index (χ2n) is 11.7. The smallest absolute Gasteiger partial charge is 0.123 e. The molecule has 0 fully saturated rings. The molecule has 0 unspecified atom stereocenters. The predicted octanol–water partition coefficient (Wildman–Crippen LogP) is 12.4. The van der Waals surface area contributed by atoms with Gasteiger partial charge in [0.1, 0.15) is 11.5 Å². The summed E-state index contributed by atoms with van der Waals surface area (Å²) < 4.78 is 12.4. The van der Waals surface area contributed by atoms with Crippen molar-refractivity contribution in [3.05, 3.63) is 23.8 Å². The molecule has 0 aliphatic heterocycles. The first kappa shape index (κ1) is 34.8. The van der Waals surface area contributed by atoms with Crippen molar-refractivity contribution in [2.24, 2.45) is 0 Å². The molecule has 0 radical (unpaired) electrons. The SMILES string of the molecule is CCCCCCCCCCCCCOc1cc(CCCC)cc(OCCCCCCCCCCCCC)c1. The molecule has 0 aromatic heterocycles. The van der Waals surface area contributed by atoms with Crippen molar-refractivity contribution in [3.63, 3.8) is 0 Å². The number of benzene rings is 1. The van der Waals surface area contributed by atoms with Crippen LogP contribution in [0, 0.1) is 0 Å². The van der Waals surface area contributed by atoms with E-state index in [1.165, 1.54) is 147 Å². The molecule has 1 rings (SSSR count). The van der Waals surface area contributed by atoms with E-state index in [9.17, 15) is 0 Å². The Labute approximate surface area is 239 Å². The van der Waals surface area contributed by atoms with Crippen LogP contribution in [0.2, 0.25) is 0 Å². The van der Waals surface area contributed by atoms with E-state index in [0.29, 0.717) is 0 Å². The number of hydrogen-bond donors (Lipinski definition) is 0. The third-order valence-electron chi connectivity index (χ3n) is 7.79. The van der Waals surface area contributed by atoms with E-state index >= 15 is 0 Å². The van der Waals surface area contributed by atoms with Crippen LogP contribution in [0.4, 0.5) is 0 Å². The Bertz CT molecular complexity index is 565. The standard InChI is InChI=1S/C36H66O2/c1-4-7-10-12-14-16-18-20-22-24-26-29-37-35-31-34(28-9-6-3)32-36(33-35)38-30-27-25-23-21-19-17-15-13-11-8-5-2/h31-33H,4-30H2,1-3H3. The molecule has 0 N–H and O–H groups in total. The van der Waals surface area contributed by atoms with Crippen molar-refractivity contribution in [2.75, 3.05) is 13.2 Å². The van der Waals surface area contributed by atoms with Crippen molar-refractivity contribution < 1.29 is 9.47 Å². The zero-order chi connectivity index (χ0) is 27.4. The highest BCUT2D eigenvalue weighted by Crippen LogP contribution is 2.25. The summed E-state index contributed by atoms with van der Waals surface area (Å²) in [5.74, 6) is 2.00. The van der Waals surface area contributed by atoms with Gasteiger partial charge >= 0.3 is 0 Å². The molecule has 0 aliphatic rings. The van der Waals surface area contributed by atoms with Crippen LogP contribution in [0.3, 0.4) is 0 Å². The number of unbranched alkanes of at least 4 members (excludes halogenated alkanes) is 21. The predicted molar refractivity (Wildman–Crippen MR) is 169 cm³/mol. The quantitative estimate of drug-likeness (QED) is 0.0959. The fourth-order valence-corrected chi connectivity index (χ4v) is 5.24. The largest absolute Gasteiger partial charge is 0.493 e. The van der Waals surface area contributed by atoms with Gasteiger partial charge < -0.3 is 9.47 Å². The lowest BCUT2D eigenvalue weighted by molar-refractivity contribution is 0.289. The van der Waals surface area contributed by atoms with Gasteiger partial charge in [-0.15, -0.1) is 0 Å². The zero-order valence-corrected chi connectivity index (χ0v) is 26.1. The Balaban J connectivity index is 2.17. The molecule has 1 aromatic carbocycles. The number of aryl methyl sites for hydroxylation is 1. The van der Waals surface area contributed by atoms with Gasteiger partial charge in [-0.3, -0.25) is 0 Å². The maximum Gasteiger partial charge on any atom is 0.123 e. The maximum absolute atomic E-state index is 6.18. The van der Waals surface area contributed by atoms with Crippen LogP contribution in [0.5, 0.6) is 11.5 Å². The number of ether oxygens (including phenoxy) is 2. The topological polar surface area (TPSA) is 18.5 Å². The van der Waals surface area contributed by atoms with E-state index in [2.05, 4.69) is 39.0 Å². The van der Waals surface area contributed by atoms with Gasteiger partial charge in [0.05, 0.1) is 13.2 Å². The van der Waals surface area contributed by atoms with E-state index in [4.69, 9.17) is 9.47 Å². The van der Waals surface area contributed by atoms with E-state index < -0.39 is 0 Å². The lowest BCUT2D eigenvalue weighted by Gasteiger charge is -2.13. The van der Waals surface area contributed by atoms with Crippen molar-refractivity contribution in [1.82, 2.24) is 0 Å². The van der Waals surface area contributed by atoms with E-state index in [1.807, 2.05) is 0 Å². The summed E-state index contributed by atoms with van der Waals surface area (Å²) in [6, 6.07) is 6.60. The van der Waals surface area contributed by atoms with Crippen LogP contribution in [0.25, 0.3) is 0 Å². The Morgan fingerprint density at radius 3 is 1.03 bits per heavy atom. The third-order valence-corrected chi connectivity index (χ3v) is 7.79. The molecule has 0 saturated carbocycles. The third kappa shape index (κ3) is 21.7. The van der Waals surface area contributed by atoms with Crippen LogP contribution >= 0.6 is 0 Å². The Morgan fingerprint density at radius 1 is 0.368 bits per heavy atom. The van der Waals surface area contributed by atoms with Gasteiger partial charge in [-0.2, -0.15) is 0 Å². The summed E-state index contributed by atoms with van der Waals surface area (Å²) in [6.45, 7) is 8.50. The molecular weight excluding hydrogens is 464 g/mol. The monoisotopic (exact) mass is 531 g/mol. The zero-order valence-electron chi connectivity index (χ0n) is 26.1. The Hall–Kier alpha value is -1.18. The Morgan fingerprint density at radius 2 is 0.684 bits per heavy atom. The first-order chi connectivity index (χ1) is 18.8. The van der Waals surface area contributed by atoms with E-state index in [1.54, 1.807) is 0 Å². The summed E-state index contributed by atoms with van der Waals surface area (Å²) in [7, 11) is 0. The highest BCUT2D eigenvalue weighted by atomic mass is 16.5. The van der Waals surface area contributed by atoms with Gasteiger partial charge in [-0.05, 0) is 43.4 Å². The summed E-state index contributed by atoms with van der Waals surface area (Å²) in [5.41, 5.74) is 1.36. The highest BCUT2D eigenvalue weighted by Gasteiger charge is 2.05. The maximum atomic E-state index is 6.18. The van der Waals surface area contributed by atoms with Crippen molar-refractivity contribution in [1.29, 1.82) is 0 Å². The minimum atomic E-state index is 0.826. The molecule has 2 nitrogen and oxygen atoms in total.